The number of benzene rings is 3. The van der Waals surface area contributed by atoms with Crippen molar-refractivity contribution in [1.29, 1.82) is 0 Å². The van der Waals surface area contributed by atoms with Gasteiger partial charge in [-0.1, -0.05) is 48.0 Å². The Labute approximate surface area is 163 Å². The Morgan fingerprint density at radius 3 is 2.35 bits per heavy atom. The van der Waals surface area contributed by atoms with E-state index in [0.29, 0.717) is 0 Å². The van der Waals surface area contributed by atoms with Crippen molar-refractivity contribution in [3.05, 3.63) is 89.4 Å². The number of aryl methyl sites for hydroxylation is 2. The third-order valence-corrected chi connectivity index (χ3v) is 4.58. The van der Waals surface area contributed by atoms with Gasteiger partial charge in [-0.3, -0.25) is 0 Å². The molecule has 0 amide bonds. The first-order chi connectivity index (χ1) is 15.3. The van der Waals surface area contributed by atoms with Crippen LogP contribution in [-0.4, -0.2) is 0 Å². The Bertz CT molecular complexity index is 1230. The lowest BCUT2D eigenvalue weighted by atomic mass is 10.2. The Hall–Kier alpha value is -2.71. The fourth-order valence-electron chi connectivity index (χ4n) is 2.07. The van der Waals surface area contributed by atoms with Gasteiger partial charge in [0.2, 0.25) is 0 Å². The summed E-state index contributed by atoms with van der Waals surface area (Å²) in [7, 11) is -4.70. The molecular formula is C21H21O4P. The van der Waals surface area contributed by atoms with Crippen LogP contribution in [-0.2, 0) is 4.57 Å². The van der Waals surface area contributed by atoms with Gasteiger partial charge in [0, 0.05) is 4.11 Å². The van der Waals surface area contributed by atoms with E-state index in [-0.39, 0.29) is 11.5 Å². The van der Waals surface area contributed by atoms with Gasteiger partial charge in [-0.25, -0.2) is 0 Å². The quantitative estimate of drug-likeness (QED) is 0.477. The predicted molar refractivity (Wildman–Crippen MR) is 103 cm³/mol. The first-order valence-electron chi connectivity index (χ1n) is 11.2. The van der Waals surface area contributed by atoms with Crippen LogP contribution in [0.4, 0.5) is 0 Å². The number of phosphoric ester groups is 1. The van der Waals surface area contributed by atoms with Gasteiger partial charge in [0.1, 0.15) is 17.2 Å². The molecule has 1 atom stereocenters. The normalized spacial score (nSPS) is 17.2. The van der Waals surface area contributed by atoms with Crippen LogP contribution in [0.2, 0.25) is 0 Å². The average Bonchev–Trinajstić information content (AvgIpc) is 2.71. The highest BCUT2D eigenvalue weighted by Gasteiger charge is 2.33. The van der Waals surface area contributed by atoms with Crippen molar-refractivity contribution < 1.29 is 27.7 Å². The van der Waals surface area contributed by atoms with Gasteiger partial charge in [-0.05, 0) is 62.1 Å². The molecule has 0 aliphatic rings. The highest BCUT2D eigenvalue weighted by Crippen LogP contribution is 2.50. The molecule has 5 heteroatoms. The van der Waals surface area contributed by atoms with Crippen molar-refractivity contribution in [3.63, 3.8) is 0 Å². The highest BCUT2D eigenvalue weighted by molar-refractivity contribution is 7.49. The number of hydrogen-bond donors (Lipinski definition) is 0. The summed E-state index contributed by atoms with van der Waals surface area (Å²) in [5, 5.41) is 0. The first kappa shape index (κ1) is 11.1. The van der Waals surface area contributed by atoms with E-state index in [1.54, 1.807) is 37.3 Å². The lowest BCUT2D eigenvalue weighted by molar-refractivity contribution is 0.297. The average molecular weight is 375 g/mol. The zero-order chi connectivity index (χ0) is 24.6. The molecule has 0 saturated carbocycles. The van der Waals surface area contributed by atoms with Gasteiger partial charge in [-0.15, -0.1) is 0 Å². The molecule has 0 N–H and O–H groups in total. The molecule has 0 radical (unpaired) electrons. The number of para-hydroxylation sites is 1. The monoisotopic (exact) mass is 375 g/mol. The number of hydrogen-bond acceptors (Lipinski definition) is 4. The topological polar surface area (TPSA) is 44.8 Å². The molecule has 0 saturated heterocycles. The minimum absolute atomic E-state index is 0.0906. The molecule has 0 bridgehead atoms. The van der Waals surface area contributed by atoms with E-state index >= 15 is 0 Å². The van der Waals surface area contributed by atoms with E-state index in [2.05, 4.69) is 0 Å². The molecule has 26 heavy (non-hydrogen) atoms. The smallest absolute Gasteiger partial charge is 0.386 e. The molecule has 0 aliphatic carbocycles. The molecule has 1 unspecified atom stereocenters. The maximum Gasteiger partial charge on any atom is 0.647 e. The van der Waals surface area contributed by atoms with Crippen LogP contribution in [0.5, 0.6) is 17.2 Å². The van der Waals surface area contributed by atoms with Crippen molar-refractivity contribution in [2.75, 3.05) is 0 Å². The van der Waals surface area contributed by atoms with Gasteiger partial charge < -0.3 is 13.6 Å². The second-order valence-electron chi connectivity index (χ2n) is 5.55. The second-order valence-corrected chi connectivity index (χ2v) is 7.00. The highest BCUT2D eigenvalue weighted by atomic mass is 31.2. The molecule has 3 rings (SSSR count). The van der Waals surface area contributed by atoms with Crippen molar-refractivity contribution >= 4 is 7.82 Å². The zero-order valence-electron chi connectivity index (χ0n) is 21.2. The second kappa shape index (κ2) is 7.67. The van der Waals surface area contributed by atoms with Crippen molar-refractivity contribution in [3.8, 4) is 17.2 Å². The summed E-state index contributed by atoms with van der Waals surface area (Å²) < 4.78 is 85.4. The van der Waals surface area contributed by atoms with Crippen LogP contribution in [0.15, 0.2) is 72.7 Å². The van der Waals surface area contributed by atoms with E-state index in [1.165, 1.54) is 18.2 Å². The molecule has 0 heterocycles. The third kappa shape index (κ3) is 4.68. The lowest BCUT2D eigenvalue weighted by Gasteiger charge is -2.20. The maximum atomic E-state index is 13.8. The standard InChI is InChI=1S/C21H21O4P/c1-16-11-13-19(14-12-16)23-26(22,24-20-9-6-7-17(2)15-20)25-21-10-5-4-8-18(21)3/h4-15H,1-3H3/i3D3,4D,5D,8D,10D. The van der Waals surface area contributed by atoms with Gasteiger partial charge in [0.05, 0.1) is 5.48 Å². The van der Waals surface area contributed by atoms with Crippen LogP contribution in [0, 0.1) is 20.7 Å². The van der Waals surface area contributed by atoms with E-state index in [0.717, 1.165) is 11.1 Å². The first-order valence-corrected chi connectivity index (χ1v) is 9.20. The molecule has 0 aromatic heterocycles. The summed E-state index contributed by atoms with van der Waals surface area (Å²) in [6.07, 6.45) is 0. The van der Waals surface area contributed by atoms with Crippen molar-refractivity contribution in [1.82, 2.24) is 0 Å². The van der Waals surface area contributed by atoms with Gasteiger partial charge in [0.25, 0.3) is 0 Å². The predicted octanol–water partition coefficient (Wildman–Crippen LogP) is 6.26. The van der Waals surface area contributed by atoms with E-state index < -0.39 is 50.2 Å². The molecule has 3 aromatic rings. The summed E-state index contributed by atoms with van der Waals surface area (Å²) in [6, 6.07) is 9.71. The van der Waals surface area contributed by atoms with E-state index in [1.807, 2.05) is 6.92 Å². The Kier molecular flexibility index (Phi) is 3.27. The SMILES string of the molecule is [2H]c1c([2H])c([2H])c(C([2H])([2H])[2H])c(OP(=O)(Oc2ccc(C)cc2)Oc2cccc(C)c2)c1[2H]. The van der Waals surface area contributed by atoms with Crippen molar-refractivity contribution in [2.24, 2.45) is 0 Å². The molecule has 0 spiro atoms. The Balaban J connectivity index is 2.16. The third-order valence-electron chi connectivity index (χ3n) is 3.30. The largest absolute Gasteiger partial charge is 0.647 e. The molecule has 0 aliphatic heterocycles. The molecule has 134 valence electrons. The van der Waals surface area contributed by atoms with Gasteiger partial charge >= 0.3 is 7.82 Å². The summed E-state index contributed by atoms with van der Waals surface area (Å²) in [5.74, 6) is -0.640. The Morgan fingerprint density at radius 2 is 1.62 bits per heavy atom. The van der Waals surface area contributed by atoms with E-state index in [4.69, 9.17) is 23.2 Å². The molecule has 4 nitrogen and oxygen atoms in total. The maximum absolute atomic E-state index is 13.8. The summed E-state index contributed by atoms with van der Waals surface area (Å²) in [5.41, 5.74) is 0.854. The van der Waals surface area contributed by atoms with Crippen LogP contribution < -0.4 is 13.6 Å². The van der Waals surface area contributed by atoms with Crippen LogP contribution >= 0.6 is 7.82 Å². The van der Waals surface area contributed by atoms with Gasteiger partial charge in [-0.2, -0.15) is 4.57 Å². The summed E-state index contributed by atoms with van der Waals surface area (Å²) in [6.45, 7) is 0.621. The minimum atomic E-state index is -4.70. The van der Waals surface area contributed by atoms with E-state index in [9.17, 15) is 4.57 Å². The van der Waals surface area contributed by atoms with Crippen molar-refractivity contribution in [2.45, 2.75) is 20.7 Å². The van der Waals surface area contributed by atoms with Gasteiger partial charge in [0.15, 0.2) is 0 Å². The lowest BCUT2D eigenvalue weighted by Crippen LogP contribution is -2.08. The van der Waals surface area contributed by atoms with Crippen LogP contribution in [0.25, 0.3) is 0 Å². The Morgan fingerprint density at radius 1 is 0.885 bits per heavy atom. The number of rotatable bonds is 6. The minimum Gasteiger partial charge on any atom is -0.386 e. The van der Waals surface area contributed by atoms with Crippen LogP contribution in [0.1, 0.15) is 26.3 Å². The summed E-state index contributed by atoms with van der Waals surface area (Å²) >= 11 is 0. The number of phosphoric acid groups is 1. The summed E-state index contributed by atoms with van der Waals surface area (Å²) in [4.78, 5) is 0. The fourth-order valence-corrected chi connectivity index (χ4v) is 3.29. The molecule has 0 fully saturated rings. The zero-order valence-corrected chi connectivity index (χ0v) is 15.1. The van der Waals surface area contributed by atoms with Crippen LogP contribution in [0.3, 0.4) is 0 Å². The molecular weight excluding hydrogens is 347 g/mol. The molecule has 3 aromatic carbocycles. The fraction of sp³-hybridized carbons (Fsp3) is 0.143.